The van der Waals surface area contributed by atoms with Crippen LogP contribution in [-0.2, 0) is 22.1 Å². The maximum absolute atomic E-state index is 13.6. The monoisotopic (exact) mass is 656 g/mol. The summed E-state index contributed by atoms with van der Waals surface area (Å²) < 4.78 is 50.7. The maximum atomic E-state index is 13.6. The van der Waals surface area contributed by atoms with E-state index >= 15 is 0 Å². The van der Waals surface area contributed by atoms with Crippen molar-refractivity contribution < 1.29 is 37.0 Å². The highest BCUT2D eigenvalue weighted by Crippen LogP contribution is 2.36. The van der Waals surface area contributed by atoms with Crippen LogP contribution in [-0.4, -0.2) is 52.2 Å². The van der Waals surface area contributed by atoms with Crippen molar-refractivity contribution in [3.8, 4) is 10.4 Å². The van der Waals surface area contributed by atoms with Gasteiger partial charge in [0.1, 0.15) is 16.9 Å². The number of fused-ring (bicyclic) bond motifs is 1. The first-order valence-corrected chi connectivity index (χ1v) is 15.2. The Bertz CT molecular complexity index is 1710. The normalized spacial score (nSPS) is 12.8. The number of amides is 2. The Morgan fingerprint density at radius 1 is 0.957 bits per heavy atom. The number of hydrogen-bond donors (Lipinski definition) is 1. The van der Waals surface area contributed by atoms with Gasteiger partial charge in [0.15, 0.2) is 11.4 Å². The van der Waals surface area contributed by atoms with Gasteiger partial charge in [0, 0.05) is 17.8 Å². The fraction of sp³-hybridized carbons (Fsp3) is 0.364. The van der Waals surface area contributed by atoms with Crippen molar-refractivity contribution in [1.29, 1.82) is 0 Å². The van der Waals surface area contributed by atoms with Crippen LogP contribution in [0.25, 0.3) is 21.2 Å². The molecule has 0 bridgehead atoms. The Balaban J connectivity index is 1.74. The fourth-order valence-corrected chi connectivity index (χ4v) is 5.49. The highest BCUT2D eigenvalue weighted by atomic mass is 32.1. The lowest BCUT2D eigenvalue weighted by Crippen LogP contribution is -2.49. The van der Waals surface area contributed by atoms with Crippen molar-refractivity contribution in [3.05, 3.63) is 77.7 Å². The van der Waals surface area contributed by atoms with Crippen molar-refractivity contribution in [2.75, 3.05) is 11.4 Å². The topological polar surface area (TPSA) is 111 Å². The second kappa shape index (κ2) is 13.5. The van der Waals surface area contributed by atoms with Crippen molar-refractivity contribution in [2.45, 2.75) is 71.4 Å². The van der Waals surface area contributed by atoms with Crippen LogP contribution in [0.4, 0.5) is 27.9 Å². The number of nitrogens with one attached hydrogen (secondary N) is 1. The molecule has 1 N–H and O–H groups in total. The molecule has 0 aliphatic heterocycles. The second-order valence-corrected chi connectivity index (χ2v) is 13.6. The van der Waals surface area contributed by atoms with E-state index in [1.807, 2.05) is 24.3 Å². The number of rotatable bonds is 8. The van der Waals surface area contributed by atoms with Gasteiger partial charge < -0.3 is 14.8 Å². The number of carbonyl (C=O) groups is 3. The van der Waals surface area contributed by atoms with Crippen LogP contribution in [0.15, 0.2) is 60.9 Å². The Kier molecular flexibility index (Phi) is 10.0. The molecule has 2 amide bonds. The largest absolute Gasteiger partial charge is 0.444 e. The van der Waals surface area contributed by atoms with Crippen LogP contribution in [0, 0.1) is 0 Å². The molecule has 2 heterocycles. The van der Waals surface area contributed by atoms with E-state index in [-0.39, 0.29) is 23.8 Å². The van der Waals surface area contributed by atoms with Crippen molar-refractivity contribution >= 4 is 45.7 Å². The molecule has 46 heavy (non-hydrogen) atoms. The van der Waals surface area contributed by atoms with E-state index in [9.17, 15) is 27.6 Å². The highest BCUT2D eigenvalue weighted by Gasteiger charge is 2.32. The summed E-state index contributed by atoms with van der Waals surface area (Å²) in [6.45, 7) is 9.93. The van der Waals surface area contributed by atoms with Gasteiger partial charge in [-0.3, -0.25) is 14.7 Å². The van der Waals surface area contributed by atoms with Crippen LogP contribution in [0.5, 0.6) is 0 Å². The average molecular weight is 657 g/mol. The summed E-state index contributed by atoms with van der Waals surface area (Å²) in [6.07, 6.45) is -2.08. The molecule has 244 valence electrons. The van der Waals surface area contributed by atoms with Gasteiger partial charge in [-0.25, -0.2) is 14.6 Å². The number of aldehydes is 1. The van der Waals surface area contributed by atoms with Gasteiger partial charge in [0.25, 0.3) is 0 Å². The van der Waals surface area contributed by atoms with Gasteiger partial charge in [-0.05, 0) is 88.7 Å². The van der Waals surface area contributed by atoms with Gasteiger partial charge in [0.2, 0.25) is 0 Å². The molecular weight excluding hydrogens is 621 g/mol. The Labute approximate surface area is 268 Å². The molecule has 0 aliphatic rings. The van der Waals surface area contributed by atoms with E-state index in [0.717, 1.165) is 34.2 Å². The standard InChI is InChI=1S/C33H35F3N4O5S/c1-31(2,3)44-29(42)38-25(15-20-7-11-24(12-8-20)33(34,35)36)18-40(30(43)45-32(4,5)6)28-39-26(19-41)27(46-28)22-9-10-23-17-37-14-13-21(23)16-22/h7-14,16-17,19,25H,15,18H2,1-6H3,(H,38,42). The predicted molar refractivity (Wildman–Crippen MR) is 170 cm³/mol. The molecule has 2 aromatic heterocycles. The molecule has 0 spiro atoms. The quantitative estimate of drug-likeness (QED) is 0.191. The smallest absolute Gasteiger partial charge is 0.416 e. The molecule has 1 atom stereocenters. The summed E-state index contributed by atoms with van der Waals surface area (Å²) in [5.41, 5.74) is -1.30. The Hall–Kier alpha value is -4.52. The van der Waals surface area contributed by atoms with E-state index in [1.165, 1.54) is 17.0 Å². The fourth-order valence-electron chi connectivity index (χ4n) is 4.46. The molecule has 4 rings (SSSR count). The Morgan fingerprint density at radius 2 is 1.63 bits per heavy atom. The van der Waals surface area contributed by atoms with E-state index in [0.29, 0.717) is 22.3 Å². The molecule has 0 radical (unpaired) electrons. The van der Waals surface area contributed by atoms with Gasteiger partial charge >= 0.3 is 18.4 Å². The summed E-state index contributed by atoms with van der Waals surface area (Å²) in [7, 11) is 0. The zero-order valence-corrected chi connectivity index (χ0v) is 27.1. The van der Waals surface area contributed by atoms with Gasteiger partial charge in [-0.15, -0.1) is 0 Å². The van der Waals surface area contributed by atoms with Crippen molar-refractivity contribution in [1.82, 2.24) is 15.3 Å². The molecule has 13 heteroatoms. The molecule has 0 aliphatic carbocycles. The number of nitrogens with zero attached hydrogens (tertiary/aromatic N) is 3. The van der Waals surface area contributed by atoms with E-state index < -0.39 is 41.2 Å². The maximum Gasteiger partial charge on any atom is 0.416 e. The minimum absolute atomic E-state index is 0.0359. The van der Waals surface area contributed by atoms with Crippen LogP contribution < -0.4 is 10.2 Å². The van der Waals surface area contributed by atoms with E-state index in [4.69, 9.17) is 9.47 Å². The summed E-state index contributed by atoms with van der Waals surface area (Å²) in [6, 6.07) is 11.1. The third kappa shape index (κ3) is 9.25. The number of carbonyl (C=O) groups excluding carboxylic acids is 3. The molecular formula is C33H35F3N4O5S. The number of thiazole rings is 1. The number of halogens is 3. The number of anilines is 1. The molecule has 2 aromatic carbocycles. The predicted octanol–water partition coefficient (Wildman–Crippen LogP) is 8.07. The van der Waals surface area contributed by atoms with Crippen LogP contribution >= 0.6 is 11.3 Å². The first-order valence-electron chi connectivity index (χ1n) is 14.4. The molecule has 1 unspecified atom stereocenters. The van der Waals surface area contributed by atoms with Crippen LogP contribution in [0.1, 0.15) is 63.2 Å². The number of alkyl halides is 3. The van der Waals surface area contributed by atoms with Crippen LogP contribution in [0.3, 0.4) is 0 Å². The summed E-state index contributed by atoms with van der Waals surface area (Å²) in [5, 5.41) is 4.66. The second-order valence-electron chi connectivity index (χ2n) is 12.6. The van der Waals surface area contributed by atoms with Crippen molar-refractivity contribution in [2.24, 2.45) is 0 Å². The number of alkyl carbamates (subject to hydrolysis) is 1. The van der Waals surface area contributed by atoms with E-state index in [2.05, 4.69) is 15.3 Å². The van der Waals surface area contributed by atoms with Gasteiger partial charge in [-0.2, -0.15) is 13.2 Å². The minimum atomic E-state index is -4.51. The van der Waals surface area contributed by atoms with Crippen LogP contribution in [0.2, 0.25) is 0 Å². The number of hydrogen-bond acceptors (Lipinski definition) is 8. The summed E-state index contributed by atoms with van der Waals surface area (Å²) in [4.78, 5) is 49.0. The number of ether oxygens (including phenoxy) is 2. The first kappa shape index (κ1) is 34.4. The molecule has 0 saturated carbocycles. The first-order chi connectivity index (χ1) is 21.4. The average Bonchev–Trinajstić information content (AvgIpc) is 3.37. The third-order valence-electron chi connectivity index (χ3n) is 6.39. The number of pyridine rings is 1. The zero-order valence-electron chi connectivity index (χ0n) is 26.3. The third-order valence-corrected chi connectivity index (χ3v) is 7.53. The zero-order chi connectivity index (χ0) is 33.9. The number of benzene rings is 2. The van der Waals surface area contributed by atoms with Gasteiger partial charge in [-0.1, -0.05) is 35.6 Å². The molecule has 4 aromatic rings. The van der Waals surface area contributed by atoms with Crippen molar-refractivity contribution in [3.63, 3.8) is 0 Å². The number of aromatic nitrogens is 2. The SMILES string of the molecule is CC(C)(C)OC(=O)NC(Cc1ccc(C(F)(F)F)cc1)CN(C(=O)OC(C)(C)C)c1nc(C=O)c(-c2ccc3cnccc3c2)s1. The highest BCUT2D eigenvalue weighted by molar-refractivity contribution is 7.19. The van der Waals surface area contributed by atoms with E-state index in [1.54, 1.807) is 53.9 Å². The molecule has 9 nitrogen and oxygen atoms in total. The lowest BCUT2D eigenvalue weighted by atomic mass is 10.0. The lowest BCUT2D eigenvalue weighted by molar-refractivity contribution is -0.137. The lowest BCUT2D eigenvalue weighted by Gasteiger charge is -2.30. The summed E-state index contributed by atoms with van der Waals surface area (Å²) in [5.74, 6) is 0. The Morgan fingerprint density at radius 3 is 2.24 bits per heavy atom. The summed E-state index contributed by atoms with van der Waals surface area (Å²) >= 11 is 1.09. The minimum Gasteiger partial charge on any atom is -0.444 e. The molecule has 0 fully saturated rings. The van der Waals surface area contributed by atoms with Gasteiger partial charge in [0.05, 0.1) is 23.0 Å². The molecule has 0 saturated heterocycles.